The van der Waals surface area contributed by atoms with Gasteiger partial charge in [0.2, 0.25) is 0 Å². The first kappa shape index (κ1) is 15.5. The molecule has 0 heterocycles. The van der Waals surface area contributed by atoms with Crippen LogP contribution in [0.4, 0.5) is 11.4 Å². The predicted molar refractivity (Wildman–Crippen MR) is 82.8 cm³/mol. The van der Waals surface area contributed by atoms with Gasteiger partial charge in [0.15, 0.2) is 0 Å². The second kappa shape index (κ2) is 5.82. The third-order valence-corrected chi connectivity index (χ3v) is 5.18. The van der Waals surface area contributed by atoms with Crippen LogP contribution in [-0.4, -0.2) is 13.3 Å². The van der Waals surface area contributed by atoms with Gasteiger partial charge >= 0.3 is 0 Å². The molecule has 21 heavy (non-hydrogen) atoms. The van der Waals surface area contributed by atoms with Crippen LogP contribution >= 0.6 is 15.9 Å². The minimum absolute atomic E-state index is 0.0657. The number of hydrogen-bond donors (Lipinski definition) is 1. The third-order valence-electron chi connectivity index (χ3n) is 2.80. The Hall–Kier alpha value is -1.93. The van der Waals surface area contributed by atoms with Crippen LogP contribution < -0.4 is 4.72 Å². The van der Waals surface area contributed by atoms with Gasteiger partial charge in [0.05, 0.1) is 10.6 Å². The van der Waals surface area contributed by atoms with Gasteiger partial charge < -0.3 is 0 Å². The molecule has 0 aliphatic carbocycles. The maximum atomic E-state index is 12.3. The minimum atomic E-state index is -3.83. The number of nitro benzene ring substituents is 1. The molecule has 0 fully saturated rings. The number of anilines is 1. The highest BCUT2D eigenvalue weighted by Gasteiger charge is 2.19. The van der Waals surface area contributed by atoms with Crippen LogP contribution in [0.1, 0.15) is 5.56 Å². The molecule has 2 rings (SSSR count). The standard InChI is InChI=1S/C13H11BrN2O4S/c1-9-6-7-10(16(17)18)8-12(9)15-21(19,20)13-5-3-2-4-11(13)14/h2-8,15H,1H3. The van der Waals surface area contributed by atoms with Gasteiger partial charge in [-0.05, 0) is 40.5 Å². The number of rotatable bonds is 4. The average molecular weight is 371 g/mol. The number of aryl methyl sites for hydroxylation is 1. The van der Waals surface area contributed by atoms with Gasteiger partial charge in [0, 0.05) is 16.6 Å². The molecule has 0 saturated heterocycles. The van der Waals surface area contributed by atoms with Crippen molar-refractivity contribution in [1.29, 1.82) is 0 Å². The molecule has 0 aliphatic rings. The molecule has 0 aliphatic heterocycles. The Bertz CT molecular complexity index is 806. The minimum Gasteiger partial charge on any atom is -0.279 e. The van der Waals surface area contributed by atoms with Gasteiger partial charge in [-0.25, -0.2) is 8.42 Å². The second-order valence-corrected chi connectivity index (χ2v) is 6.80. The van der Waals surface area contributed by atoms with Crippen LogP contribution in [0.5, 0.6) is 0 Å². The van der Waals surface area contributed by atoms with E-state index in [9.17, 15) is 18.5 Å². The monoisotopic (exact) mass is 370 g/mol. The Labute approximate surface area is 130 Å². The maximum absolute atomic E-state index is 12.3. The van der Waals surface area contributed by atoms with Crippen LogP contribution in [-0.2, 0) is 10.0 Å². The fraction of sp³-hybridized carbons (Fsp3) is 0.0769. The van der Waals surface area contributed by atoms with E-state index in [1.165, 1.54) is 24.3 Å². The largest absolute Gasteiger partial charge is 0.279 e. The normalized spacial score (nSPS) is 11.1. The molecule has 6 nitrogen and oxygen atoms in total. The lowest BCUT2D eigenvalue weighted by molar-refractivity contribution is -0.384. The van der Waals surface area contributed by atoms with Crippen molar-refractivity contribution in [3.05, 3.63) is 62.6 Å². The summed E-state index contributed by atoms with van der Waals surface area (Å²) in [4.78, 5) is 10.3. The number of nitrogens with zero attached hydrogens (tertiary/aromatic N) is 1. The van der Waals surface area contributed by atoms with Crippen molar-refractivity contribution >= 4 is 37.3 Å². The van der Waals surface area contributed by atoms with Crippen LogP contribution in [0.2, 0.25) is 0 Å². The molecule has 0 bridgehead atoms. The SMILES string of the molecule is Cc1ccc([N+](=O)[O-])cc1NS(=O)(=O)c1ccccc1Br. The molecule has 2 aromatic carbocycles. The zero-order chi connectivity index (χ0) is 15.6. The molecule has 8 heteroatoms. The van der Waals surface area contributed by atoms with Gasteiger partial charge in [-0.2, -0.15) is 0 Å². The lowest BCUT2D eigenvalue weighted by Gasteiger charge is -2.11. The highest BCUT2D eigenvalue weighted by atomic mass is 79.9. The molecule has 0 aromatic heterocycles. The fourth-order valence-corrected chi connectivity index (χ4v) is 3.82. The molecule has 0 spiro atoms. The van der Waals surface area contributed by atoms with Crippen molar-refractivity contribution in [2.24, 2.45) is 0 Å². The third kappa shape index (κ3) is 3.40. The number of hydrogen-bond acceptors (Lipinski definition) is 4. The highest BCUT2D eigenvalue weighted by Crippen LogP contribution is 2.27. The summed E-state index contributed by atoms with van der Waals surface area (Å²) in [6, 6.07) is 10.4. The van der Waals surface area contributed by atoms with Gasteiger partial charge in [-0.15, -0.1) is 0 Å². The zero-order valence-electron chi connectivity index (χ0n) is 10.9. The van der Waals surface area contributed by atoms with E-state index in [-0.39, 0.29) is 16.3 Å². The van der Waals surface area contributed by atoms with Crippen molar-refractivity contribution in [3.63, 3.8) is 0 Å². The van der Waals surface area contributed by atoms with Gasteiger partial charge in [0.25, 0.3) is 15.7 Å². The summed E-state index contributed by atoms with van der Waals surface area (Å²) in [6.07, 6.45) is 0. The van der Waals surface area contributed by atoms with E-state index in [0.29, 0.717) is 10.0 Å². The van der Waals surface area contributed by atoms with Gasteiger partial charge in [-0.3, -0.25) is 14.8 Å². The topological polar surface area (TPSA) is 89.3 Å². The van der Waals surface area contributed by atoms with E-state index in [1.807, 2.05) is 0 Å². The van der Waals surface area contributed by atoms with Crippen molar-refractivity contribution in [2.75, 3.05) is 4.72 Å². The molecular formula is C13H11BrN2O4S. The Morgan fingerprint density at radius 1 is 1.19 bits per heavy atom. The van der Waals surface area contributed by atoms with E-state index in [0.717, 1.165) is 0 Å². The Kier molecular flexibility index (Phi) is 4.29. The fourth-order valence-electron chi connectivity index (χ4n) is 1.70. The molecule has 0 radical (unpaired) electrons. The molecular weight excluding hydrogens is 360 g/mol. The summed E-state index contributed by atoms with van der Waals surface area (Å²) >= 11 is 3.17. The number of benzene rings is 2. The summed E-state index contributed by atoms with van der Waals surface area (Å²) in [5.41, 5.74) is 0.599. The van der Waals surface area contributed by atoms with E-state index in [2.05, 4.69) is 20.7 Å². The summed E-state index contributed by atoms with van der Waals surface area (Å²) in [7, 11) is -3.83. The smallest absolute Gasteiger partial charge is 0.271 e. The van der Waals surface area contributed by atoms with Crippen LogP contribution in [0.25, 0.3) is 0 Å². The number of nitro groups is 1. The molecule has 0 amide bonds. The number of halogens is 1. The first-order valence-corrected chi connectivity index (χ1v) is 8.11. The second-order valence-electron chi connectivity index (χ2n) is 4.29. The quantitative estimate of drug-likeness (QED) is 0.658. The van der Waals surface area contributed by atoms with Crippen molar-refractivity contribution < 1.29 is 13.3 Å². The van der Waals surface area contributed by atoms with Crippen molar-refractivity contribution in [1.82, 2.24) is 0 Å². The first-order chi connectivity index (χ1) is 9.81. The molecule has 2 aromatic rings. The van der Waals surface area contributed by atoms with Crippen LogP contribution in [0, 0.1) is 17.0 Å². The number of sulfonamides is 1. The zero-order valence-corrected chi connectivity index (χ0v) is 13.3. The number of nitrogens with one attached hydrogen (secondary N) is 1. The lowest BCUT2D eigenvalue weighted by atomic mass is 10.2. The Balaban J connectivity index is 2.44. The maximum Gasteiger partial charge on any atom is 0.271 e. The first-order valence-electron chi connectivity index (χ1n) is 5.83. The lowest BCUT2D eigenvalue weighted by Crippen LogP contribution is -2.14. The van der Waals surface area contributed by atoms with E-state index >= 15 is 0 Å². The Morgan fingerprint density at radius 2 is 1.86 bits per heavy atom. The van der Waals surface area contributed by atoms with Crippen molar-refractivity contribution in [3.8, 4) is 0 Å². The molecule has 0 saturated carbocycles. The summed E-state index contributed by atoms with van der Waals surface area (Å²) in [5, 5.41) is 10.8. The molecule has 110 valence electrons. The summed E-state index contributed by atoms with van der Waals surface area (Å²) < 4.78 is 27.5. The Morgan fingerprint density at radius 3 is 2.48 bits per heavy atom. The van der Waals surface area contributed by atoms with Crippen LogP contribution in [0.3, 0.4) is 0 Å². The summed E-state index contributed by atoms with van der Waals surface area (Å²) in [5.74, 6) is 0. The molecule has 0 atom stereocenters. The van der Waals surface area contributed by atoms with E-state index < -0.39 is 14.9 Å². The van der Waals surface area contributed by atoms with E-state index in [1.54, 1.807) is 25.1 Å². The van der Waals surface area contributed by atoms with Crippen molar-refractivity contribution in [2.45, 2.75) is 11.8 Å². The van der Waals surface area contributed by atoms with E-state index in [4.69, 9.17) is 0 Å². The number of non-ortho nitro benzene ring substituents is 1. The molecule has 1 N–H and O–H groups in total. The van der Waals surface area contributed by atoms with Gasteiger partial charge in [0.1, 0.15) is 4.90 Å². The predicted octanol–water partition coefficient (Wildman–Crippen LogP) is 3.47. The van der Waals surface area contributed by atoms with Crippen LogP contribution in [0.15, 0.2) is 51.8 Å². The average Bonchev–Trinajstić information content (AvgIpc) is 2.41. The van der Waals surface area contributed by atoms with Gasteiger partial charge in [-0.1, -0.05) is 18.2 Å². The molecule has 0 unspecified atom stereocenters. The summed E-state index contributed by atoms with van der Waals surface area (Å²) in [6.45, 7) is 1.67. The highest BCUT2D eigenvalue weighted by molar-refractivity contribution is 9.10.